The van der Waals surface area contributed by atoms with Gasteiger partial charge in [-0.05, 0) is 59.2 Å². The van der Waals surface area contributed by atoms with E-state index >= 15 is 0 Å². The molecule has 7 aromatic carbocycles. The smallest absolute Gasteiger partial charge is 0.161 e. The maximum Gasteiger partial charge on any atom is 0.161 e. The Morgan fingerprint density at radius 2 is 0.940 bits per heavy atom. The van der Waals surface area contributed by atoms with E-state index in [2.05, 4.69) is 115 Å². The minimum atomic E-state index is 0.642. The first kappa shape index (κ1) is 28.3. The minimum absolute atomic E-state index is 0.642. The average molecular weight is 641 g/mol. The lowest BCUT2D eigenvalue weighted by Gasteiger charge is -2.14. The molecule has 10 rings (SSSR count). The maximum atomic E-state index is 6.71. The van der Waals surface area contributed by atoms with Crippen molar-refractivity contribution in [3.05, 3.63) is 170 Å². The molecule has 4 heteroatoms. The van der Waals surface area contributed by atoms with Gasteiger partial charge in [-0.15, -0.1) is 0 Å². The van der Waals surface area contributed by atoms with Crippen LogP contribution in [-0.2, 0) is 0 Å². The number of furan rings is 2. The Hall–Kier alpha value is -6.78. The molecule has 0 bridgehead atoms. The van der Waals surface area contributed by atoms with Crippen LogP contribution < -0.4 is 0 Å². The van der Waals surface area contributed by atoms with Crippen molar-refractivity contribution >= 4 is 43.9 Å². The lowest BCUT2D eigenvalue weighted by Crippen LogP contribution is -1.97. The summed E-state index contributed by atoms with van der Waals surface area (Å²) in [5.41, 5.74) is 12.4. The molecule has 0 fully saturated rings. The van der Waals surface area contributed by atoms with E-state index in [9.17, 15) is 0 Å². The summed E-state index contributed by atoms with van der Waals surface area (Å²) in [4.78, 5) is 10.6. The Morgan fingerprint density at radius 1 is 0.340 bits per heavy atom. The third kappa shape index (κ3) is 4.61. The number of hydrogen-bond acceptors (Lipinski definition) is 4. The van der Waals surface area contributed by atoms with Crippen molar-refractivity contribution in [2.45, 2.75) is 0 Å². The molecule has 0 unspecified atom stereocenters. The summed E-state index contributed by atoms with van der Waals surface area (Å²) in [7, 11) is 0. The predicted octanol–water partition coefficient (Wildman–Crippen LogP) is 12.6. The van der Waals surface area contributed by atoms with Crippen molar-refractivity contribution in [1.29, 1.82) is 0 Å². The van der Waals surface area contributed by atoms with E-state index in [1.807, 2.05) is 54.6 Å². The van der Waals surface area contributed by atoms with Gasteiger partial charge in [-0.25, -0.2) is 9.97 Å². The molecule has 0 saturated heterocycles. The largest absolute Gasteiger partial charge is 0.456 e. The highest BCUT2D eigenvalue weighted by molar-refractivity contribution is 6.16. The Bertz CT molecular complexity index is 2870. The monoisotopic (exact) mass is 640 g/mol. The van der Waals surface area contributed by atoms with Gasteiger partial charge in [0.15, 0.2) is 5.82 Å². The van der Waals surface area contributed by atoms with Crippen LogP contribution in [-0.4, -0.2) is 9.97 Å². The summed E-state index contributed by atoms with van der Waals surface area (Å²) in [6.07, 6.45) is 0. The van der Waals surface area contributed by atoms with Gasteiger partial charge in [-0.3, -0.25) is 0 Å². The van der Waals surface area contributed by atoms with Crippen LogP contribution in [0.1, 0.15) is 0 Å². The van der Waals surface area contributed by atoms with Crippen molar-refractivity contribution in [3.8, 4) is 56.2 Å². The zero-order valence-electron chi connectivity index (χ0n) is 26.9. The summed E-state index contributed by atoms with van der Waals surface area (Å²) in [5, 5.41) is 4.18. The fraction of sp³-hybridized carbons (Fsp3) is 0. The van der Waals surface area contributed by atoms with Gasteiger partial charge in [0.1, 0.15) is 22.3 Å². The third-order valence-electron chi connectivity index (χ3n) is 9.54. The predicted molar refractivity (Wildman–Crippen MR) is 204 cm³/mol. The zero-order chi connectivity index (χ0) is 33.0. The highest BCUT2D eigenvalue weighted by Gasteiger charge is 2.21. The van der Waals surface area contributed by atoms with Gasteiger partial charge in [0.2, 0.25) is 0 Å². The molecule has 0 saturated carbocycles. The number of para-hydroxylation sites is 2. The Kier molecular flexibility index (Phi) is 6.46. The molecule has 0 atom stereocenters. The average Bonchev–Trinajstić information content (AvgIpc) is 3.77. The van der Waals surface area contributed by atoms with E-state index in [1.54, 1.807) is 0 Å². The molecular formula is C46H28N2O2. The quantitative estimate of drug-likeness (QED) is 0.188. The van der Waals surface area contributed by atoms with E-state index < -0.39 is 0 Å². The molecular weight excluding hydrogens is 613 g/mol. The molecule has 0 amide bonds. The van der Waals surface area contributed by atoms with Crippen LogP contribution in [0.2, 0.25) is 0 Å². The van der Waals surface area contributed by atoms with E-state index in [-0.39, 0.29) is 0 Å². The molecule has 234 valence electrons. The number of fused-ring (bicyclic) bond motifs is 6. The molecule has 0 aliphatic heterocycles. The first-order valence-electron chi connectivity index (χ1n) is 16.7. The Morgan fingerprint density at radius 3 is 1.74 bits per heavy atom. The van der Waals surface area contributed by atoms with Crippen LogP contribution >= 0.6 is 0 Å². The van der Waals surface area contributed by atoms with Crippen LogP contribution in [0.5, 0.6) is 0 Å². The van der Waals surface area contributed by atoms with Crippen molar-refractivity contribution in [3.63, 3.8) is 0 Å². The van der Waals surface area contributed by atoms with E-state index in [0.717, 1.165) is 94.2 Å². The zero-order valence-corrected chi connectivity index (χ0v) is 26.9. The molecule has 50 heavy (non-hydrogen) atoms. The Balaban J connectivity index is 1.23. The van der Waals surface area contributed by atoms with Gasteiger partial charge >= 0.3 is 0 Å². The van der Waals surface area contributed by atoms with E-state index in [0.29, 0.717) is 5.82 Å². The van der Waals surface area contributed by atoms with Crippen molar-refractivity contribution in [1.82, 2.24) is 9.97 Å². The number of rotatable bonds is 5. The fourth-order valence-corrected chi connectivity index (χ4v) is 7.17. The summed E-state index contributed by atoms with van der Waals surface area (Å²) < 4.78 is 12.9. The molecule has 0 radical (unpaired) electrons. The number of hydrogen-bond donors (Lipinski definition) is 0. The lowest BCUT2D eigenvalue weighted by atomic mass is 9.95. The molecule has 3 heterocycles. The first-order valence-corrected chi connectivity index (χ1v) is 16.7. The fourth-order valence-electron chi connectivity index (χ4n) is 7.17. The number of aromatic nitrogens is 2. The highest BCUT2D eigenvalue weighted by atomic mass is 16.3. The molecule has 0 spiro atoms. The number of nitrogens with zero attached hydrogens (tertiary/aromatic N) is 2. The van der Waals surface area contributed by atoms with Gasteiger partial charge in [0, 0.05) is 43.8 Å². The van der Waals surface area contributed by atoms with Crippen LogP contribution in [0.4, 0.5) is 0 Å². The van der Waals surface area contributed by atoms with Crippen LogP contribution in [0.15, 0.2) is 179 Å². The summed E-state index contributed by atoms with van der Waals surface area (Å²) >= 11 is 0. The highest BCUT2D eigenvalue weighted by Crippen LogP contribution is 2.43. The second-order valence-corrected chi connectivity index (χ2v) is 12.5. The lowest BCUT2D eigenvalue weighted by molar-refractivity contribution is 0.668. The van der Waals surface area contributed by atoms with Crippen molar-refractivity contribution in [2.75, 3.05) is 0 Å². The summed E-state index contributed by atoms with van der Waals surface area (Å²) in [5.74, 6) is 0.642. The van der Waals surface area contributed by atoms with Crippen LogP contribution in [0, 0.1) is 0 Å². The van der Waals surface area contributed by atoms with Crippen molar-refractivity contribution < 1.29 is 8.83 Å². The first-order chi connectivity index (χ1) is 24.8. The van der Waals surface area contributed by atoms with Gasteiger partial charge in [-0.1, -0.05) is 127 Å². The normalized spacial score (nSPS) is 11.6. The Labute approximate surface area is 287 Å². The van der Waals surface area contributed by atoms with Crippen molar-refractivity contribution in [2.24, 2.45) is 0 Å². The molecule has 3 aromatic heterocycles. The molecule has 10 aromatic rings. The summed E-state index contributed by atoms with van der Waals surface area (Å²) in [6, 6.07) is 58.4. The van der Waals surface area contributed by atoms with E-state index in [4.69, 9.17) is 18.8 Å². The summed E-state index contributed by atoms with van der Waals surface area (Å²) in [6.45, 7) is 0. The van der Waals surface area contributed by atoms with Gasteiger partial charge in [0.05, 0.1) is 11.4 Å². The SMILES string of the molecule is c1ccc(-c2cc(-c3ccccc3-c3ccccc3)nc(-c3ccc(-c4ccc5oc6ccccc6c5c4)c4oc5ccccc5c34)n2)cc1. The van der Waals surface area contributed by atoms with Gasteiger partial charge in [-0.2, -0.15) is 0 Å². The van der Waals surface area contributed by atoms with Gasteiger partial charge < -0.3 is 8.83 Å². The molecule has 4 nitrogen and oxygen atoms in total. The second-order valence-electron chi connectivity index (χ2n) is 12.5. The molecule has 0 N–H and O–H groups in total. The molecule has 0 aliphatic rings. The maximum absolute atomic E-state index is 6.71. The number of benzene rings is 7. The second kappa shape index (κ2) is 11.4. The standard InChI is InChI=1S/C46H28N2O2/c1-3-13-29(14-4-1)32-17-7-8-18-34(32)40-28-39(30-15-5-2-6-16-30)47-46(48-40)37-25-24-33(45-44(37)36-20-10-12-22-42(36)50-45)31-23-26-43-38(27-31)35-19-9-11-21-41(35)49-43/h1-28H. The third-order valence-corrected chi connectivity index (χ3v) is 9.54. The van der Waals surface area contributed by atoms with E-state index in [1.165, 1.54) is 0 Å². The van der Waals surface area contributed by atoms with Crippen LogP contribution in [0.3, 0.4) is 0 Å². The van der Waals surface area contributed by atoms with Gasteiger partial charge in [0.25, 0.3) is 0 Å². The minimum Gasteiger partial charge on any atom is -0.456 e. The topological polar surface area (TPSA) is 52.1 Å². The van der Waals surface area contributed by atoms with Crippen LogP contribution in [0.25, 0.3) is 100 Å². The molecule has 0 aliphatic carbocycles.